The van der Waals surface area contributed by atoms with Crippen molar-refractivity contribution in [3.05, 3.63) is 35.3 Å². The minimum atomic E-state index is 0.336. The molecule has 2 atom stereocenters. The molecule has 1 saturated heterocycles. The van der Waals surface area contributed by atoms with Crippen LogP contribution in [0.25, 0.3) is 12.2 Å². The van der Waals surface area contributed by atoms with E-state index in [0.717, 1.165) is 18.7 Å². The Kier molecular flexibility index (Phi) is 5.70. The molecular formula is C21H25N3O3. The third kappa shape index (κ3) is 4.25. The van der Waals surface area contributed by atoms with Gasteiger partial charge in [0.05, 0.1) is 14.2 Å². The van der Waals surface area contributed by atoms with Crippen molar-refractivity contribution in [2.24, 2.45) is 11.8 Å². The molecule has 0 amide bonds. The number of rotatable bonds is 5. The van der Waals surface area contributed by atoms with E-state index in [-0.39, 0.29) is 0 Å². The van der Waals surface area contributed by atoms with Gasteiger partial charge in [0.2, 0.25) is 17.5 Å². The van der Waals surface area contributed by atoms with Crippen LogP contribution in [0.15, 0.2) is 22.6 Å². The Bertz CT molecular complexity index is 856. The maximum Gasteiger partial charge on any atom is 0.235 e. The van der Waals surface area contributed by atoms with E-state index in [2.05, 4.69) is 29.8 Å². The van der Waals surface area contributed by atoms with Crippen molar-refractivity contribution in [1.29, 1.82) is 5.26 Å². The Labute approximate surface area is 160 Å². The highest BCUT2D eigenvalue weighted by molar-refractivity contribution is 5.69. The van der Waals surface area contributed by atoms with Gasteiger partial charge in [-0.3, -0.25) is 0 Å². The van der Waals surface area contributed by atoms with Gasteiger partial charge < -0.3 is 18.8 Å². The zero-order chi connectivity index (χ0) is 19.4. The first kappa shape index (κ1) is 18.8. The molecule has 0 bridgehead atoms. The largest absolute Gasteiger partial charge is 0.493 e. The predicted molar refractivity (Wildman–Crippen MR) is 105 cm³/mol. The molecular weight excluding hydrogens is 342 g/mol. The summed E-state index contributed by atoms with van der Waals surface area (Å²) in [6.07, 6.45) is 4.83. The van der Waals surface area contributed by atoms with Crippen LogP contribution in [-0.4, -0.2) is 32.3 Å². The highest BCUT2D eigenvalue weighted by Crippen LogP contribution is 2.31. The second kappa shape index (κ2) is 8.17. The van der Waals surface area contributed by atoms with E-state index in [1.807, 2.05) is 24.3 Å². The van der Waals surface area contributed by atoms with E-state index in [0.29, 0.717) is 40.8 Å². The maximum atomic E-state index is 9.45. The standard InChI is InChI=1S/C21H25N3O3/c1-14-9-15(2)13-24(12-14)21-17(11-22)23-20(27-21)8-6-16-5-7-18(25-3)19(10-16)26-4/h5-8,10,14-15H,9,12-13H2,1-4H3/b8-6+/t14-,15-/m0/s1. The number of hydrogen-bond donors (Lipinski definition) is 0. The Hall–Kier alpha value is -2.94. The minimum absolute atomic E-state index is 0.336. The van der Waals surface area contributed by atoms with Gasteiger partial charge in [-0.15, -0.1) is 0 Å². The van der Waals surface area contributed by atoms with Crippen molar-refractivity contribution in [3.8, 4) is 17.6 Å². The molecule has 3 rings (SSSR count). The van der Waals surface area contributed by atoms with Crippen molar-refractivity contribution in [2.75, 3.05) is 32.2 Å². The fraction of sp³-hybridized carbons (Fsp3) is 0.429. The van der Waals surface area contributed by atoms with Gasteiger partial charge in [-0.2, -0.15) is 10.2 Å². The highest BCUT2D eigenvalue weighted by Gasteiger charge is 2.27. The molecule has 2 aromatic rings. The summed E-state index contributed by atoms with van der Waals surface area (Å²) in [5.41, 5.74) is 1.26. The second-order valence-corrected chi connectivity index (χ2v) is 7.12. The monoisotopic (exact) mass is 367 g/mol. The number of ether oxygens (including phenoxy) is 2. The molecule has 1 aliphatic heterocycles. The van der Waals surface area contributed by atoms with Gasteiger partial charge >= 0.3 is 0 Å². The number of benzene rings is 1. The maximum absolute atomic E-state index is 9.45. The molecule has 1 aliphatic rings. The van der Waals surface area contributed by atoms with Crippen LogP contribution >= 0.6 is 0 Å². The summed E-state index contributed by atoms with van der Waals surface area (Å²) >= 11 is 0. The molecule has 6 heteroatoms. The van der Waals surface area contributed by atoms with Gasteiger partial charge in [0.1, 0.15) is 6.07 Å². The fourth-order valence-electron chi connectivity index (χ4n) is 3.64. The quantitative estimate of drug-likeness (QED) is 0.788. The summed E-state index contributed by atoms with van der Waals surface area (Å²) in [6.45, 7) is 6.21. The van der Waals surface area contributed by atoms with Crippen molar-refractivity contribution >= 4 is 18.0 Å². The van der Waals surface area contributed by atoms with Crippen molar-refractivity contribution in [1.82, 2.24) is 4.98 Å². The van der Waals surface area contributed by atoms with Gasteiger partial charge in [-0.05, 0) is 42.0 Å². The third-order valence-electron chi connectivity index (χ3n) is 4.71. The molecule has 1 aromatic heterocycles. The van der Waals surface area contributed by atoms with E-state index >= 15 is 0 Å². The molecule has 0 radical (unpaired) electrons. The lowest BCUT2D eigenvalue weighted by Crippen LogP contribution is -2.38. The molecule has 6 nitrogen and oxygen atoms in total. The number of aromatic nitrogens is 1. The summed E-state index contributed by atoms with van der Waals surface area (Å²) in [5, 5.41) is 9.45. The molecule has 0 aliphatic carbocycles. The SMILES string of the molecule is COc1ccc(/C=C/c2nc(C#N)c(N3C[C@@H](C)C[C@H](C)C3)o2)cc1OC. The first-order valence-corrected chi connectivity index (χ1v) is 9.10. The average molecular weight is 367 g/mol. The van der Waals surface area contributed by atoms with E-state index in [4.69, 9.17) is 13.9 Å². The summed E-state index contributed by atoms with van der Waals surface area (Å²) in [6, 6.07) is 7.79. The van der Waals surface area contributed by atoms with E-state index in [1.54, 1.807) is 20.3 Å². The second-order valence-electron chi connectivity index (χ2n) is 7.12. The molecule has 2 heterocycles. The van der Waals surface area contributed by atoms with Gasteiger partial charge in [0.25, 0.3) is 0 Å². The molecule has 1 fully saturated rings. The number of oxazole rings is 1. The Balaban J connectivity index is 1.83. The molecule has 0 N–H and O–H groups in total. The van der Waals surface area contributed by atoms with Gasteiger partial charge in [-0.1, -0.05) is 19.9 Å². The van der Waals surface area contributed by atoms with Crippen molar-refractivity contribution in [3.63, 3.8) is 0 Å². The normalized spacial score (nSPS) is 19.9. The van der Waals surface area contributed by atoms with E-state index in [1.165, 1.54) is 6.42 Å². The van der Waals surface area contributed by atoms with Crippen LogP contribution < -0.4 is 14.4 Å². The molecule has 0 saturated carbocycles. The number of piperidine rings is 1. The Morgan fingerprint density at radius 1 is 1.15 bits per heavy atom. The fourth-order valence-corrected chi connectivity index (χ4v) is 3.64. The lowest BCUT2D eigenvalue weighted by molar-refractivity contribution is 0.342. The number of hydrogen-bond acceptors (Lipinski definition) is 6. The van der Waals surface area contributed by atoms with Crippen molar-refractivity contribution in [2.45, 2.75) is 20.3 Å². The molecule has 0 unspecified atom stereocenters. The first-order valence-electron chi connectivity index (χ1n) is 9.10. The molecule has 0 spiro atoms. The van der Waals surface area contributed by atoms with Crippen LogP contribution in [-0.2, 0) is 0 Å². The number of nitriles is 1. The van der Waals surface area contributed by atoms with Crippen LogP contribution in [0.3, 0.4) is 0 Å². The Morgan fingerprint density at radius 2 is 1.85 bits per heavy atom. The predicted octanol–water partition coefficient (Wildman–Crippen LogP) is 4.22. The number of methoxy groups -OCH3 is 2. The lowest BCUT2D eigenvalue weighted by Gasteiger charge is -2.34. The third-order valence-corrected chi connectivity index (χ3v) is 4.71. The minimum Gasteiger partial charge on any atom is -0.493 e. The van der Waals surface area contributed by atoms with Gasteiger partial charge in [-0.25, -0.2) is 0 Å². The van der Waals surface area contributed by atoms with E-state index in [9.17, 15) is 5.26 Å². The summed E-state index contributed by atoms with van der Waals surface area (Å²) in [5.74, 6) is 3.45. The Morgan fingerprint density at radius 3 is 2.48 bits per heavy atom. The lowest BCUT2D eigenvalue weighted by atomic mass is 9.92. The summed E-state index contributed by atoms with van der Waals surface area (Å²) < 4.78 is 16.5. The zero-order valence-corrected chi connectivity index (χ0v) is 16.2. The summed E-state index contributed by atoms with van der Waals surface area (Å²) in [7, 11) is 3.21. The van der Waals surface area contributed by atoms with Crippen LogP contribution in [0.5, 0.6) is 11.5 Å². The van der Waals surface area contributed by atoms with Gasteiger partial charge in [0.15, 0.2) is 11.5 Å². The molecule has 142 valence electrons. The zero-order valence-electron chi connectivity index (χ0n) is 16.2. The topological polar surface area (TPSA) is 71.5 Å². The first-order chi connectivity index (χ1) is 13.0. The number of anilines is 1. The van der Waals surface area contributed by atoms with Crippen LogP contribution in [0, 0.1) is 23.2 Å². The average Bonchev–Trinajstić information content (AvgIpc) is 3.08. The highest BCUT2D eigenvalue weighted by atomic mass is 16.5. The number of nitrogens with zero attached hydrogens (tertiary/aromatic N) is 3. The van der Waals surface area contributed by atoms with Crippen LogP contribution in [0.4, 0.5) is 5.88 Å². The van der Waals surface area contributed by atoms with Crippen LogP contribution in [0.1, 0.15) is 37.4 Å². The van der Waals surface area contributed by atoms with Gasteiger partial charge in [0, 0.05) is 19.2 Å². The van der Waals surface area contributed by atoms with Crippen molar-refractivity contribution < 1.29 is 13.9 Å². The summed E-state index contributed by atoms with van der Waals surface area (Å²) in [4.78, 5) is 6.47. The van der Waals surface area contributed by atoms with E-state index < -0.39 is 0 Å². The molecule has 27 heavy (non-hydrogen) atoms. The van der Waals surface area contributed by atoms with Crippen LogP contribution in [0.2, 0.25) is 0 Å². The smallest absolute Gasteiger partial charge is 0.235 e. The molecule has 1 aromatic carbocycles.